The van der Waals surface area contributed by atoms with Crippen LogP contribution in [0.25, 0.3) is 0 Å². The van der Waals surface area contributed by atoms with Crippen molar-refractivity contribution in [3.8, 4) is 0 Å². The molecule has 2 N–H and O–H groups in total. The normalized spacial score (nSPS) is 24.0. The van der Waals surface area contributed by atoms with Gasteiger partial charge in [-0.15, -0.1) is 0 Å². The Morgan fingerprint density at radius 3 is 1.17 bits per heavy atom. The number of hydrogen-bond donors (Lipinski definition) is 2. The number of nitrogens with one attached hydrogen (secondary N) is 2. The lowest BCUT2D eigenvalue weighted by Gasteiger charge is -2.08. The first-order chi connectivity index (χ1) is 6.00. The fourth-order valence-corrected chi connectivity index (χ4v) is 1.60. The van der Waals surface area contributed by atoms with Gasteiger partial charge >= 0.3 is 0 Å². The van der Waals surface area contributed by atoms with Gasteiger partial charge in [0.1, 0.15) is 0 Å². The summed E-state index contributed by atoms with van der Waals surface area (Å²) in [7, 11) is 0. The van der Waals surface area contributed by atoms with Gasteiger partial charge < -0.3 is 10.6 Å². The zero-order chi connectivity index (χ0) is 8.49. The standard InChI is InChI=1S/C10H22N2/c1-2-4-8-12-10-6-5-9-11-7-3-1/h11-12H,1-10H2. The molecule has 0 atom stereocenters. The summed E-state index contributed by atoms with van der Waals surface area (Å²) in [6.45, 7) is 4.88. The molecule has 0 aromatic heterocycles. The largest absolute Gasteiger partial charge is 0.317 e. The Kier molecular flexibility index (Phi) is 6.30. The van der Waals surface area contributed by atoms with Crippen molar-refractivity contribution >= 4 is 0 Å². The second-order valence-electron chi connectivity index (χ2n) is 3.62. The van der Waals surface area contributed by atoms with Crippen LogP contribution >= 0.6 is 0 Å². The van der Waals surface area contributed by atoms with E-state index in [0.717, 1.165) is 0 Å². The highest BCUT2D eigenvalue weighted by Crippen LogP contribution is 1.98. The van der Waals surface area contributed by atoms with Crippen LogP contribution in [0.1, 0.15) is 38.5 Å². The van der Waals surface area contributed by atoms with Crippen LogP contribution in [-0.4, -0.2) is 26.2 Å². The number of rotatable bonds is 0. The van der Waals surface area contributed by atoms with Crippen LogP contribution in [0.3, 0.4) is 0 Å². The Hall–Kier alpha value is -0.0800. The van der Waals surface area contributed by atoms with Crippen molar-refractivity contribution in [2.24, 2.45) is 0 Å². The summed E-state index contributed by atoms with van der Waals surface area (Å²) in [4.78, 5) is 0. The van der Waals surface area contributed by atoms with E-state index < -0.39 is 0 Å². The van der Waals surface area contributed by atoms with Crippen molar-refractivity contribution in [2.45, 2.75) is 38.5 Å². The van der Waals surface area contributed by atoms with Crippen molar-refractivity contribution in [1.29, 1.82) is 0 Å². The van der Waals surface area contributed by atoms with Crippen LogP contribution in [0.4, 0.5) is 0 Å². The molecule has 2 heteroatoms. The molecule has 0 amide bonds. The molecule has 0 bridgehead atoms. The lowest BCUT2D eigenvalue weighted by Crippen LogP contribution is -2.21. The molecule has 1 aliphatic heterocycles. The van der Waals surface area contributed by atoms with E-state index in [4.69, 9.17) is 0 Å². The minimum Gasteiger partial charge on any atom is -0.317 e. The first-order valence-electron chi connectivity index (χ1n) is 5.41. The first kappa shape index (κ1) is 10.0. The second kappa shape index (κ2) is 7.56. The topological polar surface area (TPSA) is 24.1 Å². The Labute approximate surface area is 76.1 Å². The molecule has 12 heavy (non-hydrogen) atoms. The molecule has 0 aliphatic carbocycles. The molecule has 2 nitrogen and oxygen atoms in total. The van der Waals surface area contributed by atoms with Crippen LogP contribution < -0.4 is 10.6 Å². The molecule has 1 rings (SSSR count). The van der Waals surface area contributed by atoms with Crippen molar-refractivity contribution in [3.63, 3.8) is 0 Å². The average Bonchev–Trinajstić information content (AvgIpc) is 2.05. The summed E-state index contributed by atoms with van der Waals surface area (Å²) in [6, 6.07) is 0. The molecule has 0 aromatic carbocycles. The third kappa shape index (κ3) is 5.56. The summed E-state index contributed by atoms with van der Waals surface area (Å²) in [5, 5.41) is 6.95. The zero-order valence-corrected chi connectivity index (χ0v) is 8.07. The summed E-state index contributed by atoms with van der Waals surface area (Å²) >= 11 is 0. The molecule has 0 aromatic rings. The van der Waals surface area contributed by atoms with Crippen LogP contribution in [0.15, 0.2) is 0 Å². The van der Waals surface area contributed by atoms with Crippen molar-refractivity contribution in [1.82, 2.24) is 10.6 Å². The molecule has 0 spiro atoms. The van der Waals surface area contributed by atoms with Crippen LogP contribution in [0.2, 0.25) is 0 Å². The van der Waals surface area contributed by atoms with Crippen LogP contribution in [0.5, 0.6) is 0 Å². The van der Waals surface area contributed by atoms with E-state index in [1.165, 1.54) is 64.7 Å². The van der Waals surface area contributed by atoms with Crippen molar-refractivity contribution in [3.05, 3.63) is 0 Å². The van der Waals surface area contributed by atoms with Gasteiger partial charge in [-0.05, 0) is 51.9 Å². The van der Waals surface area contributed by atoms with E-state index in [1.54, 1.807) is 0 Å². The van der Waals surface area contributed by atoms with E-state index in [9.17, 15) is 0 Å². The van der Waals surface area contributed by atoms with Gasteiger partial charge in [0.25, 0.3) is 0 Å². The Morgan fingerprint density at radius 1 is 0.417 bits per heavy atom. The Balaban J connectivity index is 2.00. The van der Waals surface area contributed by atoms with Gasteiger partial charge in [-0.3, -0.25) is 0 Å². The summed E-state index contributed by atoms with van der Waals surface area (Å²) in [5.74, 6) is 0. The highest BCUT2D eigenvalue weighted by Gasteiger charge is 1.94. The van der Waals surface area contributed by atoms with E-state index in [-0.39, 0.29) is 0 Å². The van der Waals surface area contributed by atoms with Crippen molar-refractivity contribution < 1.29 is 0 Å². The van der Waals surface area contributed by atoms with Crippen LogP contribution in [-0.2, 0) is 0 Å². The maximum Gasteiger partial charge on any atom is -0.00484 e. The van der Waals surface area contributed by atoms with E-state index >= 15 is 0 Å². The molecular weight excluding hydrogens is 148 g/mol. The molecular formula is C10H22N2. The molecule has 0 radical (unpaired) electrons. The molecule has 0 unspecified atom stereocenters. The summed E-state index contributed by atoms with van der Waals surface area (Å²) in [6.07, 6.45) is 8.17. The zero-order valence-electron chi connectivity index (χ0n) is 8.07. The van der Waals surface area contributed by atoms with Gasteiger partial charge in [0.2, 0.25) is 0 Å². The predicted molar refractivity (Wildman–Crippen MR) is 53.4 cm³/mol. The first-order valence-corrected chi connectivity index (χ1v) is 5.41. The molecule has 1 aliphatic rings. The predicted octanol–water partition coefficient (Wildman–Crippen LogP) is 1.52. The van der Waals surface area contributed by atoms with E-state index in [2.05, 4.69) is 10.6 Å². The van der Waals surface area contributed by atoms with E-state index in [1.807, 2.05) is 0 Å². The molecule has 1 saturated heterocycles. The fraction of sp³-hybridized carbons (Fsp3) is 1.00. The molecule has 72 valence electrons. The molecule has 0 saturated carbocycles. The quantitative estimate of drug-likeness (QED) is 0.576. The van der Waals surface area contributed by atoms with Gasteiger partial charge in [0, 0.05) is 0 Å². The lowest BCUT2D eigenvalue weighted by molar-refractivity contribution is 0.520. The summed E-state index contributed by atoms with van der Waals surface area (Å²) in [5.41, 5.74) is 0. The highest BCUT2D eigenvalue weighted by atomic mass is 14.9. The summed E-state index contributed by atoms with van der Waals surface area (Å²) < 4.78 is 0. The number of hydrogen-bond acceptors (Lipinski definition) is 2. The third-order valence-corrected chi connectivity index (χ3v) is 2.41. The van der Waals surface area contributed by atoms with Gasteiger partial charge in [-0.25, -0.2) is 0 Å². The average molecular weight is 170 g/mol. The Morgan fingerprint density at radius 2 is 0.750 bits per heavy atom. The van der Waals surface area contributed by atoms with Crippen LogP contribution in [0, 0.1) is 0 Å². The molecule has 1 fully saturated rings. The van der Waals surface area contributed by atoms with Gasteiger partial charge in [-0.1, -0.05) is 12.8 Å². The highest BCUT2D eigenvalue weighted by molar-refractivity contribution is 4.55. The SMILES string of the molecule is C1CCCNCCCCNCC1. The lowest BCUT2D eigenvalue weighted by atomic mass is 10.2. The third-order valence-electron chi connectivity index (χ3n) is 2.41. The minimum absolute atomic E-state index is 1.21. The monoisotopic (exact) mass is 170 g/mol. The minimum atomic E-state index is 1.21. The molecule has 1 heterocycles. The van der Waals surface area contributed by atoms with Gasteiger partial charge in [0.05, 0.1) is 0 Å². The second-order valence-corrected chi connectivity index (χ2v) is 3.62. The Bertz CT molecular complexity index is 50.8. The smallest absolute Gasteiger partial charge is 0.00484 e. The van der Waals surface area contributed by atoms with Gasteiger partial charge in [-0.2, -0.15) is 0 Å². The fourth-order valence-electron chi connectivity index (χ4n) is 1.60. The van der Waals surface area contributed by atoms with Gasteiger partial charge in [0.15, 0.2) is 0 Å². The van der Waals surface area contributed by atoms with E-state index in [0.29, 0.717) is 0 Å². The maximum atomic E-state index is 3.48. The maximum absolute atomic E-state index is 3.48. The van der Waals surface area contributed by atoms with Crippen molar-refractivity contribution in [2.75, 3.05) is 26.2 Å².